The van der Waals surface area contributed by atoms with Crippen molar-refractivity contribution in [3.63, 3.8) is 0 Å². The largest absolute Gasteiger partial charge is 0.329 e. The van der Waals surface area contributed by atoms with E-state index in [-0.39, 0.29) is 12.3 Å². The first-order chi connectivity index (χ1) is 8.06. The fourth-order valence-corrected chi connectivity index (χ4v) is 2.93. The molecule has 0 spiro atoms. The zero-order valence-corrected chi connectivity index (χ0v) is 11.1. The second kappa shape index (κ2) is 6.77. The Morgan fingerprint density at radius 1 is 1.18 bits per heavy atom. The van der Waals surface area contributed by atoms with E-state index in [0.29, 0.717) is 6.42 Å². The van der Waals surface area contributed by atoms with Gasteiger partial charge in [0.1, 0.15) is 0 Å². The van der Waals surface area contributed by atoms with E-state index in [0.717, 1.165) is 12.8 Å². The summed E-state index contributed by atoms with van der Waals surface area (Å²) in [7, 11) is -2.99. The van der Waals surface area contributed by atoms with E-state index in [1.807, 2.05) is 18.2 Å². The summed E-state index contributed by atoms with van der Waals surface area (Å²) in [4.78, 5) is 0. The molecular weight excluding hydrogens is 234 g/mol. The minimum atomic E-state index is -2.99. The first-order valence-electron chi connectivity index (χ1n) is 6.02. The van der Waals surface area contributed by atoms with Crippen molar-refractivity contribution in [2.45, 2.75) is 31.4 Å². The highest BCUT2D eigenvalue weighted by atomic mass is 32.2. The summed E-state index contributed by atoms with van der Waals surface area (Å²) in [5.74, 6) is 0.248. The first kappa shape index (κ1) is 14.2. The molecular formula is C13H21NO2S. The van der Waals surface area contributed by atoms with Crippen LogP contribution >= 0.6 is 0 Å². The maximum absolute atomic E-state index is 11.7. The highest BCUT2D eigenvalue weighted by Crippen LogP contribution is 2.08. The Morgan fingerprint density at radius 2 is 1.82 bits per heavy atom. The number of hydrogen-bond acceptors (Lipinski definition) is 3. The number of sulfone groups is 1. The molecule has 1 atom stereocenters. The van der Waals surface area contributed by atoms with Crippen LogP contribution in [0.1, 0.15) is 25.3 Å². The van der Waals surface area contributed by atoms with Gasteiger partial charge in [-0.1, -0.05) is 30.3 Å². The second-order valence-electron chi connectivity index (χ2n) is 4.36. The molecule has 1 aromatic carbocycles. The maximum atomic E-state index is 11.7. The van der Waals surface area contributed by atoms with Gasteiger partial charge in [0.15, 0.2) is 9.84 Å². The third-order valence-electron chi connectivity index (χ3n) is 2.93. The van der Waals surface area contributed by atoms with Gasteiger partial charge in [0, 0.05) is 6.54 Å². The summed E-state index contributed by atoms with van der Waals surface area (Å²) in [6.45, 7) is 1.88. The highest BCUT2D eigenvalue weighted by molar-refractivity contribution is 7.92. The summed E-state index contributed by atoms with van der Waals surface area (Å²) in [6, 6.07) is 10.1. The van der Waals surface area contributed by atoms with Crippen LogP contribution in [0.2, 0.25) is 0 Å². The Hall–Kier alpha value is -0.870. The second-order valence-corrected chi connectivity index (χ2v) is 6.89. The number of rotatable bonds is 7. The molecule has 0 bridgehead atoms. The van der Waals surface area contributed by atoms with Crippen molar-refractivity contribution in [3.8, 4) is 0 Å². The number of hydrogen-bond donors (Lipinski definition) is 1. The van der Waals surface area contributed by atoms with Crippen LogP contribution in [0.5, 0.6) is 0 Å². The zero-order valence-electron chi connectivity index (χ0n) is 10.3. The van der Waals surface area contributed by atoms with Gasteiger partial charge in [0.25, 0.3) is 0 Å². The molecule has 0 aliphatic heterocycles. The number of benzene rings is 1. The fraction of sp³-hybridized carbons (Fsp3) is 0.538. The Kier molecular flexibility index (Phi) is 5.65. The van der Waals surface area contributed by atoms with Crippen LogP contribution in [0.15, 0.2) is 30.3 Å². The minimum absolute atomic E-state index is 0.209. The van der Waals surface area contributed by atoms with Crippen LogP contribution in [0, 0.1) is 0 Å². The van der Waals surface area contributed by atoms with E-state index in [9.17, 15) is 8.42 Å². The molecule has 0 aromatic heterocycles. The van der Waals surface area contributed by atoms with E-state index in [4.69, 9.17) is 5.73 Å². The van der Waals surface area contributed by atoms with Crippen LogP contribution < -0.4 is 5.73 Å². The summed E-state index contributed by atoms with van der Waals surface area (Å²) < 4.78 is 23.4. The number of aryl methyl sites for hydroxylation is 1. The van der Waals surface area contributed by atoms with Gasteiger partial charge < -0.3 is 5.73 Å². The Bertz CT molecular complexity index is 414. The Labute approximate surface area is 104 Å². The minimum Gasteiger partial charge on any atom is -0.329 e. The Morgan fingerprint density at radius 3 is 2.41 bits per heavy atom. The molecule has 96 valence electrons. The average Bonchev–Trinajstić information content (AvgIpc) is 2.35. The van der Waals surface area contributed by atoms with Crippen LogP contribution in [0.25, 0.3) is 0 Å². The van der Waals surface area contributed by atoms with Gasteiger partial charge in [-0.15, -0.1) is 0 Å². The molecule has 0 saturated carbocycles. The number of nitrogens with two attached hydrogens (primary N) is 1. The molecule has 0 fully saturated rings. The van der Waals surface area contributed by atoms with E-state index in [2.05, 4.69) is 12.1 Å². The van der Waals surface area contributed by atoms with Crippen LogP contribution in [-0.2, 0) is 16.3 Å². The predicted octanol–water partition coefficient (Wildman–Crippen LogP) is 1.77. The summed E-state index contributed by atoms with van der Waals surface area (Å²) >= 11 is 0. The van der Waals surface area contributed by atoms with E-state index >= 15 is 0 Å². The zero-order chi connectivity index (χ0) is 12.7. The van der Waals surface area contributed by atoms with Crippen LogP contribution in [0.4, 0.5) is 0 Å². The molecule has 2 N–H and O–H groups in total. The average molecular weight is 255 g/mol. The molecule has 0 aliphatic carbocycles. The first-order valence-corrected chi connectivity index (χ1v) is 7.73. The van der Waals surface area contributed by atoms with Gasteiger partial charge in [0.2, 0.25) is 0 Å². The van der Waals surface area contributed by atoms with Crippen molar-refractivity contribution in [3.05, 3.63) is 35.9 Å². The smallest absolute Gasteiger partial charge is 0.154 e. The third-order valence-corrected chi connectivity index (χ3v) is 5.21. The summed E-state index contributed by atoms with van der Waals surface area (Å²) in [5, 5.41) is -0.417. The summed E-state index contributed by atoms with van der Waals surface area (Å²) in [6.07, 6.45) is 2.55. The molecule has 0 radical (unpaired) electrons. The van der Waals surface area contributed by atoms with Gasteiger partial charge in [-0.2, -0.15) is 0 Å². The monoisotopic (exact) mass is 255 g/mol. The Balaban J connectivity index is 2.30. The standard InChI is InChI=1S/C13H21NO2S/c1-12(11-14)17(15,16)10-6-5-9-13-7-3-2-4-8-13/h2-4,7-8,12H,5-6,9-11,14H2,1H3. The molecule has 0 aliphatic rings. The lowest BCUT2D eigenvalue weighted by Crippen LogP contribution is -2.28. The lowest BCUT2D eigenvalue weighted by atomic mass is 10.1. The molecule has 3 nitrogen and oxygen atoms in total. The van der Waals surface area contributed by atoms with Crippen molar-refractivity contribution in [2.24, 2.45) is 5.73 Å². The molecule has 17 heavy (non-hydrogen) atoms. The lowest BCUT2D eigenvalue weighted by Gasteiger charge is -2.10. The van der Waals surface area contributed by atoms with E-state index in [1.54, 1.807) is 6.92 Å². The van der Waals surface area contributed by atoms with Crippen LogP contribution in [-0.4, -0.2) is 26.0 Å². The van der Waals surface area contributed by atoms with Crippen LogP contribution in [0.3, 0.4) is 0 Å². The van der Waals surface area contributed by atoms with Crippen molar-refractivity contribution in [1.82, 2.24) is 0 Å². The number of unbranched alkanes of at least 4 members (excludes halogenated alkanes) is 1. The predicted molar refractivity (Wildman–Crippen MR) is 71.7 cm³/mol. The maximum Gasteiger partial charge on any atom is 0.154 e. The van der Waals surface area contributed by atoms with E-state index in [1.165, 1.54) is 5.56 Å². The van der Waals surface area contributed by atoms with Crippen molar-refractivity contribution < 1.29 is 8.42 Å². The third kappa shape index (κ3) is 4.88. The molecule has 0 amide bonds. The SMILES string of the molecule is CC(CN)S(=O)(=O)CCCCc1ccccc1. The molecule has 1 rings (SSSR count). The quantitative estimate of drug-likeness (QED) is 0.755. The van der Waals surface area contributed by atoms with Crippen molar-refractivity contribution >= 4 is 9.84 Å². The van der Waals surface area contributed by atoms with Crippen molar-refractivity contribution in [1.29, 1.82) is 0 Å². The van der Waals surface area contributed by atoms with E-state index < -0.39 is 15.1 Å². The lowest BCUT2D eigenvalue weighted by molar-refractivity contribution is 0.579. The molecule has 1 unspecified atom stereocenters. The van der Waals surface area contributed by atoms with Gasteiger partial charge in [-0.05, 0) is 31.7 Å². The highest BCUT2D eigenvalue weighted by Gasteiger charge is 2.18. The molecule has 0 heterocycles. The van der Waals surface area contributed by atoms with Gasteiger partial charge in [-0.25, -0.2) is 8.42 Å². The topological polar surface area (TPSA) is 60.2 Å². The van der Waals surface area contributed by atoms with Gasteiger partial charge >= 0.3 is 0 Å². The van der Waals surface area contributed by atoms with Gasteiger partial charge in [0.05, 0.1) is 11.0 Å². The summed E-state index contributed by atoms with van der Waals surface area (Å²) in [5.41, 5.74) is 6.64. The normalized spacial score (nSPS) is 13.5. The fourth-order valence-electron chi connectivity index (χ4n) is 1.62. The molecule has 4 heteroatoms. The molecule has 1 aromatic rings. The molecule has 0 saturated heterocycles. The van der Waals surface area contributed by atoms with Crippen molar-refractivity contribution in [2.75, 3.05) is 12.3 Å². The van der Waals surface area contributed by atoms with Gasteiger partial charge in [-0.3, -0.25) is 0 Å².